The van der Waals surface area contributed by atoms with Gasteiger partial charge in [0.25, 0.3) is 0 Å². The molecule has 1 heterocycles. The van der Waals surface area contributed by atoms with Crippen LogP contribution in [0.3, 0.4) is 0 Å². The third kappa shape index (κ3) is 3.11. The molecule has 0 unspecified atom stereocenters. The Kier molecular flexibility index (Phi) is 4.60. The number of unbranched alkanes of at least 4 members (excludes halogenated alkanes) is 1. The highest BCUT2D eigenvalue weighted by Gasteiger charge is 2.21. The first-order valence-corrected chi connectivity index (χ1v) is 5.42. The minimum absolute atomic E-state index is 0.559. The lowest BCUT2D eigenvalue weighted by molar-refractivity contribution is 0.440. The smallest absolute Gasteiger partial charge is 0.184 e. The summed E-state index contributed by atoms with van der Waals surface area (Å²) in [4.78, 5) is 6.46. The standard InChI is InChI=1S/C12H20N2/c1-4-5-10-14(11(2)3)12-6-8-13-9-7-12/h6-9,11H,4-5,10H2,1-3H3/q+1. The Bertz CT molecular complexity index is 244. The maximum atomic E-state index is 4.04. The van der Waals surface area contributed by atoms with Crippen LogP contribution in [0.2, 0.25) is 0 Å². The normalized spacial score (nSPS) is 11.2. The molecule has 14 heavy (non-hydrogen) atoms. The molecule has 0 spiro atoms. The van der Waals surface area contributed by atoms with Crippen molar-refractivity contribution in [2.24, 2.45) is 0 Å². The lowest BCUT2D eigenvalue weighted by Gasteiger charge is -2.14. The molecule has 0 aliphatic rings. The van der Waals surface area contributed by atoms with Crippen molar-refractivity contribution in [2.75, 3.05) is 6.54 Å². The highest BCUT2D eigenvalue weighted by atomic mass is 15.1. The second kappa shape index (κ2) is 5.76. The number of nitrogens with zero attached hydrogens (tertiary/aromatic N) is 2. The van der Waals surface area contributed by atoms with Crippen molar-refractivity contribution in [1.29, 1.82) is 0 Å². The van der Waals surface area contributed by atoms with E-state index in [1.54, 1.807) is 0 Å². The van der Waals surface area contributed by atoms with E-state index in [0.717, 1.165) is 6.54 Å². The summed E-state index contributed by atoms with van der Waals surface area (Å²) < 4.78 is 0. The Hall–Kier alpha value is -0.890. The summed E-state index contributed by atoms with van der Waals surface area (Å²) in [6.07, 6.45) is 6.21. The Labute approximate surface area is 87.0 Å². The molecule has 0 N–H and O–H groups in total. The van der Waals surface area contributed by atoms with Crippen molar-refractivity contribution in [2.45, 2.75) is 39.7 Å². The van der Waals surface area contributed by atoms with Crippen LogP contribution in [0.4, 0.5) is 5.69 Å². The summed E-state index contributed by atoms with van der Waals surface area (Å²) in [6, 6.07) is 4.72. The molecule has 2 heteroatoms. The van der Waals surface area contributed by atoms with Gasteiger partial charge in [-0.2, -0.15) is 0 Å². The van der Waals surface area contributed by atoms with Crippen molar-refractivity contribution < 1.29 is 0 Å². The van der Waals surface area contributed by atoms with Gasteiger partial charge < -0.3 is 0 Å². The quantitative estimate of drug-likeness (QED) is 0.656. The van der Waals surface area contributed by atoms with Gasteiger partial charge in [0.1, 0.15) is 12.6 Å². The maximum Gasteiger partial charge on any atom is 0.184 e. The molecule has 1 aromatic rings. The van der Waals surface area contributed by atoms with E-state index < -0.39 is 0 Å². The van der Waals surface area contributed by atoms with E-state index in [1.807, 2.05) is 12.4 Å². The topological polar surface area (TPSA) is 18.8 Å². The number of hydrogen-bond acceptors (Lipinski definition) is 2. The molecule has 1 aromatic heterocycles. The molecule has 0 fully saturated rings. The molecule has 0 atom stereocenters. The predicted octanol–water partition coefficient (Wildman–Crippen LogP) is 3.06. The van der Waals surface area contributed by atoms with E-state index in [2.05, 4.69) is 42.8 Å². The average molecular weight is 192 g/mol. The van der Waals surface area contributed by atoms with Crippen LogP contribution in [0, 0.1) is 0 Å². The Morgan fingerprint density at radius 2 is 1.93 bits per heavy atom. The van der Waals surface area contributed by atoms with Crippen molar-refractivity contribution in [3.8, 4) is 0 Å². The minimum atomic E-state index is 0.559. The molecule has 0 aliphatic heterocycles. The van der Waals surface area contributed by atoms with Gasteiger partial charge in [-0.25, -0.2) is 0 Å². The first-order chi connectivity index (χ1) is 6.75. The van der Waals surface area contributed by atoms with Gasteiger partial charge in [-0.3, -0.25) is 4.98 Å². The third-order valence-electron chi connectivity index (χ3n) is 2.37. The largest absolute Gasteiger partial charge is 0.264 e. The molecule has 0 saturated heterocycles. The molecule has 1 rings (SSSR count). The number of pyridine rings is 1. The van der Waals surface area contributed by atoms with Gasteiger partial charge in [-0.1, -0.05) is 13.3 Å². The monoisotopic (exact) mass is 192 g/mol. The highest BCUT2D eigenvalue weighted by molar-refractivity contribution is 5.36. The Morgan fingerprint density at radius 1 is 1.29 bits per heavy atom. The van der Waals surface area contributed by atoms with E-state index in [9.17, 15) is 0 Å². The van der Waals surface area contributed by atoms with Gasteiger partial charge in [0.2, 0.25) is 0 Å². The summed E-state index contributed by atoms with van der Waals surface area (Å²) in [6.45, 7) is 7.83. The van der Waals surface area contributed by atoms with Gasteiger partial charge in [-0.05, 0) is 13.8 Å². The van der Waals surface area contributed by atoms with Crippen LogP contribution in [-0.4, -0.2) is 17.6 Å². The summed E-state index contributed by atoms with van der Waals surface area (Å²) in [5, 5.41) is 0. The zero-order chi connectivity index (χ0) is 10.4. The minimum Gasteiger partial charge on any atom is -0.264 e. The van der Waals surface area contributed by atoms with E-state index in [0.29, 0.717) is 6.04 Å². The maximum absolute atomic E-state index is 4.04. The molecule has 0 amide bonds. The van der Waals surface area contributed by atoms with Crippen LogP contribution >= 0.6 is 0 Å². The van der Waals surface area contributed by atoms with E-state index in [4.69, 9.17) is 0 Å². The Balaban J connectivity index is 2.68. The average Bonchev–Trinajstić information content (AvgIpc) is 2.19. The lowest BCUT2D eigenvalue weighted by Crippen LogP contribution is -2.32. The van der Waals surface area contributed by atoms with E-state index in [-0.39, 0.29) is 0 Å². The molecule has 0 aliphatic carbocycles. The van der Waals surface area contributed by atoms with Crippen LogP contribution in [0.15, 0.2) is 24.5 Å². The van der Waals surface area contributed by atoms with Crippen molar-refractivity contribution in [3.63, 3.8) is 0 Å². The van der Waals surface area contributed by atoms with Crippen LogP contribution < -0.4 is 4.90 Å². The van der Waals surface area contributed by atoms with Gasteiger partial charge in [0.05, 0.1) is 0 Å². The number of anilines is 1. The number of hydrogen-bond donors (Lipinski definition) is 0. The Morgan fingerprint density at radius 3 is 2.43 bits per heavy atom. The van der Waals surface area contributed by atoms with E-state index >= 15 is 0 Å². The summed E-state index contributed by atoms with van der Waals surface area (Å²) in [5.74, 6) is 0. The molecule has 77 valence electrons. The fourth-order valence-electron chi connectivity index (χ4n) is 1.55. The molecule has 1 radical (unpaired) electrons. The van der Waals surface area contributed by atoms with Crippen LogP contribution in [0.1, 0.15) is 33.6 Å². The van der Waals surface area contributed by atoms with Crippen LogP contribution in [-0.2, 0) is 0 Å². The fourth-order valence-corrected chi connectivity index (χ4v) is 1.55. The summed E-state index contributed by atoms with van der Waals surface area (Å²) in [7, 11) is 0. The SMILES string of the molecule is CCCC[N+](c1ccncc1)C(C)C. The molecular formula is C12H20N2+. The number of aromatic nitrogens is 1. The van der Waals surface area contributed by atoms with Gasteiger partial charge in [-0.15, -0.1) is 4.90 Å². The fraction of sp³-hybridized carbons (Fsp3) is 0.583. The van der Waals surface area contributed by atoms with Gasteiger partial charge >= 0.3 is 0 Å². The third-order valence-corrected chi connectivity index (χ3v) is 2.37. The zero-order valence-corrected chi connectivity index (χ0v) is 9.40. The van der Waals surface area contributed by atoms with Crippen molar-refractivity contribution in [1.82, 2.24) is 9.88 Å². The predicted molar refractivity (Wildman–Crippen MR) is 60.9 cm³/mol. The van der Waals surface area contributed by atoms with Crippen LogP contribution in [0.25, 0.3) is 0 Å². The second-order valence-electron chi connectivity index (χ2n) is 3.85. The molecule has 2 nitrogen and oxygen atoms in total. The van der Waals surface area contributed by atoms with Crippen molar-refractivity contribution >= 4 is 5.69 Å². The molecule has 0 saturated carbocycles. The molecular weight excluding hydrogens is 172 g/mol. The van der Waals surface area contributed by atoms with Gasteiger partial charge in [0, 0.05) is 30.9 Å². The molecule has 0 aromatic carbocycles. The highest BCUT2D eigenvalue weighted by Crippen LogP contribution is 2.15. The number of rotatable bonds is 5. The first-order valence-electron chi connectivity index (χ1n) is 5.42. The molecule has 0 bridgehead atoms. The first kappa shape index (κ1) is 11.2. The lowest BCUT2D eigenvalue weighted by atomic mass is 10.2. The summed E-state index contributed by atoms with van der Waals surface area (Å²) in [5.41, 5.74) is 1.28. The summed E-state index contributed by atoms with van der Waals surface area (Å²) >= 11 is 0. The van der Waals surface area contributed by atoms with Crippen molar-refractivity contribution in [3.05, 3.63) is 24.5 Å². The van der Waals surface area contributed by atoms with Crippen LogP contribution in [0.5, 0.6) is 0 Å². The van der Waals surface area contributed by atoms with E-state index in [1.165, 1.54) is 18.5 Å². The zero-order valence-electron chi connectivity index (χ0n) is 9.40. The second-order valence-corrected chi connectivity index (χ2v) is 3.85. The van der Waals surface area contributed by atoms with Gasteiger partial charge in [0.15, 0.2) is 5.69 Å².